The number of piperidine rings is 2. The third-order valence-corrected chi connectivity index (χ3v) is 17.9. The first-order valence-electron chi connectivity index (χ1n) is 29.6. The number of benzene rings is 10. The fourth-order valence-electron chi connectivity index (χ4n) is 13.5. The molecule has 2 atom stereocenters. The van der Waals surface area contributed by atoms with Crippen molar-refractivity contribution in [1.29, 1.82) is 0 Å². The van der Waals surface area contributed by atoms with Crippen LogP contribution in [0.1, 0.15) is 71.9 Å². The molecule has 0 saturated carbocycles. The minimum Gasteiger partial charge on any atom is -0.480 e. The molecule has 10 aromatic carbocycles. The molecule has 4 aliphatic heterocycles. The molecular formula is C74H61ClN6O4. The van der Waals surface area contributed by atoms with Gasteiger partial charge in [0.05, 0.1) is 36.0 Å². The molecular weight excluding hydrogens is 1070 g/mol. The quantitative estimate of drug-likeness (QED) is 0.103. The van der Waals surface area contributed by atoms with E-state index in [9.17, 15) is 0 Å². The summed E-state index contributed by atoms with van der Waals surface area (Å²) >= 11 is 6.11. The van der Waals surface area contributed by atoms with Gasteiger partial charge in [0.1, 0.15) is 11.5 Å². The molecule has 2 unspecified atom stereocenters. The van der Waals surface area contributed by atoms with Crippen LogP contribution in [0.15, 0.2) is 200 Å². The average Bonchev–Trinajstić information content (AvgIpc) is 1.30. The highest BCUT2D eigenvalue weighted by Crippen LogP contribution is 2.49. The van der Waals surface area contributed by atoms with Crippen LogP contribution in [0, 0.1) is 0 Å². The fraction of sp³-hybridized carbons (Fsp3) is 0.189. The van der Waals surface area contributed by atoms with Crippen molar-refractivity contribution in [2.24, 2.45) is 0 Å². The normalized spacial score (nSPS) is 18.2. The Balaban J connectivity index is 0.000000154. The first-order chi connectivity index (χ1) is 41.9. The maximum atomic E-state index is 7.11. The SMILES string of the molecule is COc1nc(-c2ccc3ccc4cccc5ccc2c3c45)nc2ccc3c(c12)C=CC(c1ccccc1)(c1ccc(N2CCCCC2)cc1)O3.COc1nc(Cl)nc2ccc3c(c12)C=CC(c1ccccc1)(c1ccc(N2CCCCC2)cc1)O3. The van der Waals surface area contributed by atoms with Gasteiger partial charge < -0.3 is 28.7 Å². The summed E-state index contributed by atoms with van der Waals surface area (Å²) in [5, 5.41) is 9.10. The topological polar surface area (TPSA) is 95.0 Å². The molecule has 4 aliphatic rings. The summed E-state index contributed by atoms with van der Waals surface area (Å²) in [6, 6.07) is 66.1. The highest BCUT2D eigenvalue weighted by atomic mass is 35.5. The van der Waals surface area contributed by atoms with Gasteiger partial charge in [0.2, 0.25) is 17.0 Å². The Morgan fingerprint density at radius 3 is 1.39 bits per heavy atom. The number of hydrogen-bond acceptors (Lipinski definition) is 10. The van der Waals surface area contributed by atoms with Gasteiger partial charge in [0.15, 0.2) is 17.0 Å². The molecule has 418 valence electrons. The van der Waals surface area contributed by atoms with Crippen molar-refractivity contribution in [3.8, 4) is 34.6 Å². The van der Waals surface area contributed by atoms with E-state index in [4.69, 9.17) is 40.5 Å². The van der Waals surface area contributed by atoms with Crippen LogP contribution in [0.3, 0.4) is 0 Å². The molecule has 0 radical (unpaired) electrons. The molecule has 16 rings (SSSR count). The number of rotatable bonds is 9. The van der Waals surface area contributed by atoms with Gasteiger partial charge in [-0.2, -0.15) is 9.97 Å². The number of hydrogen-bond donors (Lipinski definition) is 0. The summed E-state index contributed by atoms with van der Waals surface area (Å²) in [4.78, 5) is 23.8. The molecule has 0 N–H and O–H groups in total. The van der Waals surface area contributed by atoms with Crippen molar-refractivity contribution in [1.82, 2.24) is 19.9 Å². The molecule has 0 spiro atoms. The number of anilines is 2. The molecule has 2 aromatic heterocycles. The molecule has 10 nitrogen and oxygen atoms in total. The minimum atomic E-state index is -0.794. The minimum absolute atomic E-state index is 0.155. The van der Waals surface area contributed by atoms with E-state index >= 15 is 0 Å². The average molecular weight is 1130 g/mol. The zero-order valence-electron chi connectivity index (χ0n) is 47.5. The first kappa shape index (κ1) is 52.3. The van der Waals surface area contributed by atoms with Gasteiger partial charge in [-0.1, -0.05) is 133 Å². The Bertz CT molecular complexity index is 4530. The van der Waals surface area contributed by atoms with Crippen LogP contribution in [-0.2, 0) is 11.2 Å². The number of nitrogens with zero attached hydrogens (tertiary/aromatic N) is 6. The molecule has 6 heterocycles. The van der Waals surface area contributed by atoms with Gasteiger partial charge in [-0.25, -0.2) is 9.97 Å². The number of fused-ring (bicyclic) bond motifs is 6. The standard InChI is InChI=1S/C45H35N3O2.C29H26ClN3O2/c1-49-44-42-37-25-26-45(32-11-4-2-5-12-32,33-17-19-34(20-18-33)48-27-6-3-7-28-48)50-39(37)24-23-38(42)46-43(47-44)36-22-16-31-14-13-29-9-8-10-30-15-21-35(36)41(31)40(29)30;1-34-27-26-23-16-17-29(20-8-4-2-5-9-20,35-25(23)15-14-24(26)31-28(30)32-27)21-10-12-22(13-11-21)33-18-6-3-7-19-33/h2,4-5,8-26H,3,6-7,27-28H2,1H3;2,4-5,8-17H,3,6-7,18-19H2,1H3. The second kappa shape index (κ2) is 21.6. The zero-order chi connectivity index (χ0) is 57.1. The van der Waals surface area contributed by atoms with E-state index < -0.39 is 11.2 Å². The summed E-state index contributed by atoms with van der Waals surface area (Å²) in [7, 11) is 3.27. The van der Waals surface area contributed by atoms with Crippen molar-refractivity contribution < 1.29 is 18.9 Å². The highest BCUT2D eigenvalue weighted by molar-refractivity contribution is 6.29. The van der Waals surface area contributed by atoms with E-state index in [1.165, 1.54) is 76.8 Å². The lowest BCUT2D eigenvalue weighted by Crippen LogP contribution is -2.34. The number of methoxy groups -OCH3 is 2. The second-order valence-electron chi connectivity index (χ2n) is 22.5. The lowest BCUT2D eigenvalue weighted by molar-refractivity contribution is 0.161. The Labute approximate surface area is 498 Å². The van der Waals surface area contributed by atoms with Crippen molar-refractivity contribution >= 4 is 89.3 Å². The predicted octanol–water partition coefficient (Wildman–Crippen LogP) is 17.2. The molecule has 12 aromatic rings. The van der Waals surface area contributed by atoms with Crippen LogP contribution in [0.25, 0.3) is 77.7 Å². The van der Waals surface area contributed by atoms with E-state index in [1.807, 2.05) is 48.5 Å². The van der Waals surface area contributed by atoms with Crippen LogP contribution >= 0.6 is 11.6 Å². The maximum absolute atomic E-state index is 7.11. The lowest BCUT2D eigenvalue weighted by atomic mass is 9.83. The molecule has 0 aliphatic carbocycles. The monoisotopic (exact) mass is 1130 g/mol. The molecule has 2 fully saturated rings. The van der Waals surface area contributed by atoms with Gasteiger partial charge in [-0.3, -0.25) is 0 Å². The van der Waals surface area contributed by atoms with Gasteiger partial charge in [0.25, 0.3) is 0 Å². The molecule has 2 saturated heterocycles. The third-order valence-electron chi connectivity index (χ3n) is 17.7. The summed E-state index contributed by atoms with van der Waals surface area (Å²) in [6.07, 6.45) is 16.2. The summed E-state index contributed by atoms with van der Waals surface area (Å²) in [6.45, 7) is 4.46. The van der Waals surface area contributed by atoms with Crippen LogP contribution in [0.4, 0.5) is 11.4 Å². The summed E-state index contributed by atoms with van der Waals surface area (Å²) < 4.78 is 25.5. The van der Waals surface area contributed by atoms with Crippen LogP contribution in [-0.4, -0.2) is 60.3 Å². The van der Waals surface area contributed by atoms with Gasteiger partial charge in [0, 0.05) is 76.5 Å². The maximum Gasteiger partial charge on any atom is 0.226 e. The van der Waals surface area contributed by atoms with E-state index in [2.05, 4.69) is 184 Å². The summed E-state index contributed by atoms with van der Waals surface area (Å²) in [5.74, 6) is 3.11. The Morgan fingerprint density at radius 1 is 0.412 bits per heavy atom. The fourth-order valence-corrected chi connectivity index (χ4v) is 13.7. The van der Waals surface area contributed by atoms with Crippen LogP contribution < -0.4 is 28.7 Å². The zero-order valence-corrected chi connectivity index (χ0v) is 48.2. The van der Waals surface area contributed by atoms with Crippen LogP contribution in [0.5, 0.6) is 23.3 Å². The van der Waals surface area contributed by atoms with Gasteiger partial charge >= 0.3 is 0 Å². The predicted molar refractivity (Wildman–Crippen MR) is 345 cm³/mol. The Kier molecular flexibility index (Phi) is 13.3. The van der Waals surface area contributed by atoms with E-state index in [0.29, 0.717) is 23.1 Å². The van der Waals surface area contributed by atoms with E-state index in [1.54, 1.807) is 14.2 Å². The third kappa shape index (κ3) is 9.09. The molecule has 0 bridgehead atoms. The second-order valence-corrected chi connectivity index (χ2v) is 22.9. The molecule has 85 heavy (non-hydrogen) atoms. The van der Waals surface area contributed by atoms with Gasteiger partial charge in [-0.05, 0) is 161 Å². The van der Waals surface area contributed by atoms with Crippen molar-refractivity contribution in [3.05, 3.63) is 239 Å². The Hall–Kier alpha value is -9.51. The molecule has 0 amide bonds. The van der Waals surface area contributed by atoms with E-state index in [0.717, 1.165) is 98.3 Å². The summed E-state index contributed by atoms with van der Waals surface area (Å²) in [5.41, 5.74) is 9.57. The number of halogens is 1. The lowest BCUT2D eigenvalue weighted by Gasteiger charge is -2.37. The smallest absolute Gasteiger partial charge is 0.226 e. The Morgan fingerprint density at radius 2 is 0.871 bits per heavy atom. The largest absolute Gasteiger partial charge is 0.480 e. The number of aromatic nitrogens is 4. The van der Waals surface area contributed by atoms with Crippen molar-refractivity contribution in [2.75, 3.05) is 50.2 Å². The van der Waals surface area contributed by atoms with Crippen molar-refractivity contribution in [3.63, 3.8) is 0 Å². The first-order valence-corrected chi connectivity index (χ1v) is 29.9. The highest BCUT2D eigenvalue weighted by Gasteiger charge is 2.40. The van der Waals surface area contributed by atoms with E-state index in [-0.39, 0.29) is 5.28 Å². The van der Waals surface area contributed by atoms with Crippen LogP contribution in [0.2, 0.25) is 5.28 Å². The van der Waals surface area contributed by atoms with Crippen molar-refractivity contribution in [2.45, 2.75) is 49.7 Å². The van der Waals surface area contributed by atoms with Gasteiger partial charge in [-0.15, -0.1) is 0 Å². The number of ether oxygens (including phenoxy) is 4. The molecule has 11 heteroatoms.